The fourth-order valence-electron chi connectivity index (χ4n) is 2.57. The zero-order valence-corrected chi connectivity index (χ0v) is 16.9. The molecule has 0 aliphatic rings. The van der Waals surface area contributed by atoms with Crippen LogP contribution in [0.5, 0.6) is 17.2 Å². The van der Waals surface area contributed by atoms with Gasteiger partial charge in [0.2, 0.25) is 0 Å². The van der Waals surface area contributed by atoms with E-state index >= 15 is 0 Å². The number of aromatic nitrogens is 1. The SMILES string of the molecule is CCOc1ccc(CCNC(=NC)NCCOc2cccnc2)cc1OCC. The third-order valence-electron chi connectivity index (χ3n) is 3.84. The number of hydrogen-bond acceptors (Lipinski definition) is 5. The average Bonchev–Trinajstić information content (AvgIpc) is 2.72. The van der Waals surface area contributed by atoms with E-state index in [1.807, 2.05) is 38.1 Å². The van der Waals surface area contributed by atoms with Crippen LogP contribution >= 0.6 is 0 Å². The third kappa shape index (κ3) is 7.34. The van der Waals surface area contributed by atoms with Gasteiger partial charge in [0.15, 0.2) is 17.5 Å². The average molecular weight is 386 g/mol. The summed E-state index contributed by atoms with van der Waals surface area (Å²) in [7, 11) is 1.75. The Labute approximate surface area is 167 Å². The molecule has 2 aromatic rings. The van der Waals surface area contributed by atoms with Crippen molar-refractivity contribution in [1.82, 2.24) is 15.6 Å². The molecular formula is C21H30N4O3. The van der Waals surface area contributed by atoms with Crippen LogP contribution in [-0.2, 0) is 6.42 Å². The Morgan fingerprint density at radius 1 is 1.00 bits per heavy atom. The van der Waals surface area contributed by atoms with Crippen molar-refractivity contribution in [3.05, 3.63) is 48.3 Å². The second kappa shape index (κ2) is 12.4. The molecule has 7 nitrogen and oxygen atoms in total. The molecule has 2 N–H and O–H groups in total. The highest BCUT2D eigenvalue weighted by Crippen LogP contribution is 2.28. The first-order chi connectivity index (χ1) is 13.8. The quantitative estimate of drug-likeness (QED) is 0.351. The summed E-state index contributed by atoms with van der Waals surface area (Å²) in [6.45, 7) is 7.09. The van der Waals surface area contributed by atoms with E-state index in [2.05, 4.69) is 26.7 Å². The molecule has 28 heavy (non-hydrogen) atoms. The molecule has 1 aromatic carbocycles. The molecule has 7 heteroatoms. The summed E-state index contributed by atoms with van der Waals surface area (Å²) in [5, 5.41) is 6.54. The zero-order chi connectivity index (χ0) is 20.0. The molecule has 0 atom stereocenters. The number of aliphatic imine (C=N–C) groups is 1. The van der Waals surface area contributed by atoms with Gasteiger partial charge in [0.1, 0.15) is 12.4 Å². The summed E-state index contributed by atoms with van der Waals surface area (Å²) in [4.78, 5) is 8.25. The van der Waals surface area contributed by atoms with Gasteiger partial charge in [-0.15, -0.1) is 0 Å². The lowest BCUT2D eigenvalue weighted by molar-refractivity contribution is 0.287. The number of ether oxygens (including phenoxy) is 3. The van der Waals surface area contributed by atoms with Crippen LogP contribution in [0, 0.1) is 0 Å². The number of nitrogens with one attached hydrogen (secondary N) is 2. The number of pyridine rings is 1. The summed E-state index contributed by atoms with van der Waals surface area (Å²) in [6.07, 6.45) is 4.26. The molecule has 0 aliphatic carbocycles. The van der Waals surface area contributed by atoms with Crippen LogP contribution in [0.3, 0.4) is 0 Å². The smallest absolute Gasteiger partial charge is 0.191 e. The predicted molar refractivity (Wildman–Crippen MR) is 112 cm³/mol. The zero-order valence-electron chi connectivity index (χ0n) is 16.9. The van der Waals surface area contributed by atoms with Gasteiger partial charge >= 0.3 is 0 Å². The Bertz CT molecular complexity index is 723. The van der Waals surface area contributed by atoms with Crippen LogP contribution in [0.2, 0.25) is 0 Å². The van der Waals surface area contributed by atoms with Crippen LogP contribution in [0.15, 0.2) is 47.7 Å². The molecule has 0 bridgehead atoms. The van der Waals surface area contributed by atoms with Crippen molar-refractivity contribution in [2.24, 2.45) is 4.99 Å². The summed E-state index contributed by atoms with van der Waals surface area (Å²) >= 11 is 0. The minimum atomic E-state index is 0.531. The number of guanidine groups is 1. The van der Waals surface area contributed by atoms with Gasteiger partial charge in [0, 0.05) is 19.8 Å². The highest BCUT2D eigenvalue weighted by molar-refractivity contribution is 5.79. The van der Waals surface area contributed by atoms with Gasteiger partial charge in [0.05, 0.1) is 26.0 Å². The van der Waals surface area contributed by atoms with Crippen molar-refractivity contribution in [1.29, 1.82) is 0 Å². The molecule has 0 saturated heterocycles. The second-order valence-electron chi connectivity index (χ2n) is 5.86. The Kier molecular flexibility index (Phi) is 9.47. The molecule has 2 rings (SSSR count). The van der Waals surface area contributed by atoms with Crippen LogP contribution in [0.4, 0.5) is 0 Å². The number of hydrogen-bond donors (Lipinski definition) is 2. The van der Waals surface area contributed by atoms with E-state index in [9.17, 15) is 0 Å². The van der Waals surface area contributed by atoms with Gasteiger partial charge in [-0.05, 0) is 50.1 Å². The Hall–Kier alpha value is -2.96. The standard InChI is InChI=1S/C21H30N4O3/c1-4-26-19-9-8-17(15-20(19)27-5-2)10-12-24-21(22-3)25-13-14-28-18-7-6-11-23-16-18/h6-9,11,15-16H,4-5,10,12-14H2,1-3H3,(H2,22,24,25). The van der Waals surface area contributed by atoms with Gasteiger partial charge < -0.3 is 24.8 Å². The predicted octanol–water partition coefficient (Wildman–Crippen LogP) is 2.67. The first kappa shape index (κ1) is 21.3. The molecule has 152 valence electrons. The molecule has 1 aromatic heterocycles. The summed E-state index contributed by atoms with van der Waals surface area (Å²) in [5.41, 5.74) is 1.18. The van der Waals surface area contributed by atoms with Crippen molar-refractivity contribution >= 4 is 5.96 Å². The van der Waals surface area contributed by atoms with E-state index in [1.165, 1.54) is 5.56 Å². The van der Waals surface area contributed by atoms with E-state index in [0.29, 0.717) is 26.4 Å². The van der Waals surface area contributed by atoms with Crippen molar-refractivity contribution in [2.75, 3.05) is 40.0 Å². The molecular weight excluding hydrogens is 356 g/mol. The maximum Gasteiger partial charge on any atom is 0.191 e. The van der Waals surface area contributed by atoms with Crippen LogP contribution in [0.1, 0.15) is 19.4 Å². The van der Waals surface area contributed by atoms with Gasteiger partial charge in [-0.2, -0.15) is 0 Å². The summed E-state index contributed by atoms with van der Waals surface area (Å²) in [5.74, 6) is 3.07. The lowest BCUT2D eigenvalue weighted by atomic mass is 10.1. The lowest BCUT2D eigenvalue weighted by Crippen LogP contribution is -2.40. The number of benzene rings is 1. The van der Waals surface area contributed by atoms with E-state index < -0.39 is 0 Å². The molecule has 0 unspecified atom stereocenters. The first-order valence-electron chi connectivity index (χ1n) is 9.62. The van der Waals surface area contributed by atoms with Crippen LogP contribution < -0.4 is 24.8 Å². The van der Waals surface area contributed by atoms with Crippen molar-refractivity contribution < 1.29 is 14.2 Å². The minimum Gasteiger partial charge on any atom is -0.490 e. The van der Waals surface area contributed by atoms with Gasteiger partial charge in [-0.25, -0.2) is 0 Å². The maximum atomic E-state index is 5.68. The topological polar surface area (TPSA) is 77.0 Å². The lowest BCUT2D eigenvalue weighted by Gasteiger charge is -2.14. The summed E-state index contributed by atoms with van der Waals surface area (Å²) in [6, 6.07) is 9.79. The highest BCUT2D eigenvalue weighted by Gasteiger charge is 2.06. The normalized spacial score (nSPS) is 11.0. The largest absolute Gasteiger partial charge is 0.490 e. The van der Waals surface area contributed by atoms with Gasteiger partial charge in [-0.1, -0.05) is 6.07 Å². The van der Waals surface area contributed by atoms with Gasteiger partial charge in [0.25, 0.3) is 0 Å². The first-order valence-corrected chi connectivity index (χ1v) is 9.62. The monoisotopic (exact) mass is 386 g/mol. The fourth-order valence-corrected chi connectivity index (χ4v) is 2.57. The van der Waals surface area contributed by atoms with E-state index in [1.54, 1.807) is 19.4 Å². The molecule has 0 amide bonds. The second-order valence-corrected chi connectivity index (χ2v) is 5.86. The van der Waals surface area contributed by atoms with Crippen LogP contribution in [-0.4, -0.2) is 50.9 Å². The molecule has 1 heterocycles. The molecule has 0 aliphatic heterocycles. The Morgan fingerprint density at radius 3 is 2.50 bits per heavy atom. The molecule has 0 radical (unpaired) electrons. The molecule has 0 saturated carbocycles. The highest BCUT2D eigenvalue weighted by atomic mass is 16.5. The van der Waals surface area contributed by atoms with Crippen molar-refractivity contribution in [3.63, 3.8) is 0 Å². The molecule has 0 fully saturated rings. The fraction of sp³-hybridized carbons (Fsp3) is 0.429. The Balaban J connectivity index is 1.73. The van der Waals surface area contributed by atoms with E-state index in [4.69, 9.17) is 14.2 Å². The van der Waals surface area contributed by atoms with E-state index in [0.717, 1.165) is 36.2 Å². The number of rotatable bonds is 11. The van der Waals surface area contributed by atoms with Crippen molar-refractivity contribution in [2.45, 2.75) is 20.3 Å². The number of nitrogens with zero attached hydrogens (tertiary/aromatic N) is 2. The van der Waals surface area contributed by atoms with E-state index in [-0.39, 0.29) is 0 Å². The summed E-state index contributed by atoms with van der Waals surface area (Å²) < 4.78 is 16.9. The Morgan fingerprint density at radius 2 is 1.79 bits per heavy atom. The molecule has 0 spiro atoms. The minimum absolute atomic E-state index is 0.531. The van der Waals surface area contributed by atoms with Crippen molar-refractivity contribution in [3.8, 4) is 17.2 Å². The van der Waals surface area contributed by atoms with Crippen LogP contribution in [0.25, 0.3) is 0 Å². The van der Waals surface area contributed by atoms with Gasteiger partial charge in [-0.3, -0.25) is 9.98 Å². The third-order valence-corrected chi connectivity index (χ3v) is 3.84. The maximum absolute atomic E-state index is 5.68.